The lowest BCUT2D eigenvalue weighted by atomic mass is 9.80. The SMILES string of the molecule is CCNC1CCC(CC)CC1N(CC(F)(F)F)C1CC1. The number of likely N-dealkylation sites (N-methyl/N-ethyl adjacent to an activating group) is 1. The zero-order valence-electron chi connectivity index (χ0n) is 12.5. The van der Waals surface area contributed by atoms with Crippen LogP contribution in [0.2, 0.25) is 0 Å². The Hall–Kier alpha value is -0.290. The van der Waals surface area contributed by atoms with Crippen LogP contribution in [0.4, 0.5) is 13.2 Å². The van der Waals surface area contributed by atoms with E-state index in [4.69, 9.17) is 0 Å². The molecule has 3 unspecified atom stereocenters. The van der Waals surface area contributed by atoms with Gasteiger partial charge in [0.15, 0.2) is 0 Å². The van der Waals surface area contributed by atoms with Crippen LogP contribution in [0.25, 0.3) is 0 Å². The van der Waals surface area contributed by atoms with Gasteiger partial charge in [0.1, 0.15) is 0 Å². The van der Waals surface area contributed by atoms with Crippen molar-refractivity contribution in [2.24, 2.45) is 5.92 Å². The van der Waals surface area contributed by atoms with Gasteiger partial charge in [-0.15, -0.1) is 0 Å². The van der Waals surface area contributed by atoms with Gasteiger partial charge in [0.05, 0.1) is 6.54 Å². The highest BCUT2D eigenvalue weighted by atomic mass is 19.4. The van der Waals surface area contributed by atoms with Gasteiger partial charge in [-0.2, -0.15) is 13.2 Å². The summed E-state index contributed by atoms with van der Waals surface area (Å²) in [5.74, 6) is 0.587. The fourth-order valence-electron chi connectivity index (χ4n) is 3.60. The molecule has 0 aromatic heterocycles. The minimum atomic E-state index is -4.08. The maximum Gasteiger partial charge on any atom is 0.401 e. The van der Waals surface area contributed by atoms with Gasteiger partial charge in [-0.25, -0.2) is 0 Å². The Morgan fingerprint density at radius 1 is 1.10 bits per heavy atom. The summed E-state index contributed by atoms with van der Waals surface area (Å²) in [4.78, 5) is 1.76. The maximum atomic E-state index is 12.9. The summed E-state index contributed by atoms with van der Waals surface area (Å²) in [6.45, 7) is 4.29. The van der Waals surface area contributed by atoms with Crippen LogP contribution in [0.1, 0.15) is 52.4 Å². The van der Waals surface area contributed by atoms with Crippen LogP contribution in [-0.2, 0) is 0 Å². The summed E-state index contributed by atoms with van der Waals surface area (Å²) in [6.07, 6.45) is 1.94. The molecule has 0 radical (unpaired) electrons. The molecule has 0 aromatic rings. The highest BCUT2D eigenvalue weighted by molar-refractivity contribution is 4.97. The first-order chi connectivity index (χ1) is 9.44. The fourth-order valence-corrected chi connectivity index (χ4v) is 3.60. The molecule has 0 amide bonds. The van der Waals surface area contributed by atoms with E-state index in [0.29, 0.717) is 5.92 Å². The first-order valence-corrected chi connectivity index (χ1v) is 8.00. The molecule has 0 spiro atoms. The third-order valence-electron chi connectivity index (χ3n) is 4.77. The number of hydrogen-bond acceptors (Lipinski definition) is 2. The van der Waals surface area contributed by atoms with E-state index in [0.717, 1.165) is 45.1 Å². The highest BCUT2D eigenvalue weighted by Gasteiger charge is 2.44. The van der Waals surface area contributed by atoms with Gasteiger partial charge in [0, 0.05) is 18.1 Å². The molecule has 0 bridgehead atoms. The molecule has 1 N–H and O–H groups in total. The molecule has 3 atom stereocenters. The van der Waals surface area contributed by atoms with Crippen molar-refractivity contribution in [3.8, 4) is 0 Å². The average molecular weight is 292 g/mol. The zero-order valence-corrected chi connectivity index (χ0v) is 12.5. The lowest BCUT2D eigenvalue weighted by Crippen LogP contribution is -2.56. The van der Waals surface area contributed by atoms with Crippen LogP contribution < -0.4 is 5.32 Å². The molecule has 20 heavy (non-hydrogen) atoms. The summed E-state index contributed by atoms with van der Waals surface area (Å²) in [7, 11) is 0. The van der Waals surface area contributed by atoms with E-state index in [2.05, 4.69) is 12.2 Å². The predicted octanol–water partition coefficient (Wildman–Crippen LogP) is 3.57. The Balaban J connectivity index is 2.08. The van der Waals surface area contributed by atoms with Crippen LogP contribution in [0.3, 0.4) is 0 Å². The number of nitrogens with zero attached hydrogens (tertiary/aromatic N) is 1. The van der Waals surface area contributed by atoms with Crippen LogP contribution in [0.5, 0.6) is 0 Å². The number of alkyl halides is 3. The molecule has 5 heteroatoms. The molecule has 2 saturated carbocycles. The first-order valence-electron chi connectivity index (χ1n) is 8.00. The number of rotatable bonds is 6. The van der Waals surface area contributed by atoms with Crippen LogP contribution >= 0.6 is 0 Å². The molecular weight excluding hydrogens is 265 g/mol. The summed E-state index contributed by atoms with van der Waals surface area (Å²) < 4.78 is 38.6. The van der Waals surface area contributed by atoms with Crippen molar-refractivity contribution in [2.75, 3.05) is 13.1 Å². The van der Waals surface area contributed by atoms with E-state index in [1.165, 1.54) is 0 Å². The smallest absolute Gasteiger partial charge is 0.313 e. The van der Waals surface area contributed by atoms with E-state index >= 15 is 0 Å². The van der Waals surface area contributed by atoms with Crippen molar-refractivity contribution >= 4 is 0 Å². The molecule has 0 aliphatic heterocycles. The van der Waals surface area contributed by atoms with Gasteiger partial charge >= 0.3 is 6.18 Å². The Morgan fingerprint density at radius 3 is 2.30 bits per heavy atom. The van der Waals surface area contributed by atoms with E-state index in [9.17, 15) is 13.2 Å². The Kier molecular flexibility index (Phi) is 5.35. The average Bonchev–Trinajstić information content (AvgIpc) is 3.20. The molecule has 2 aliphatic rings. The fraction of sp³-hybridized carbons (Fsp3) is 1.00. The minimum Gasteiger partial charge on any atom is -0.313 e. The zero-order chi connectivity index (χ0) is 14.8. The standard InChI is InChI=1S/C15H27F3N2/c1-3-11-5-8-13(19-4-2)14(9-11)20(12-6-7-12)10-15(16,17)18/h11-14,19H,3-10H2,1-2H3. The van der Waals surface area contributed by atoms with Crippen molar-refractivity contribution < 1.29 is 13.2 Å². The van der Waals surface area contributed by atoms with Crippen LogP contribution in [0.15, 0.2) is 0 Å². The molecule has 2 fully saturated rings. The van der Waals surface area contributed by atoms with Gasteiger partial charge in [0.25, 0.3) is 0 Å². The summed E-state index contributed by atoms with van der Waals surface area (Å²) in [5.41, 5.74) is 0. The lowest BCUT2D eigenvalue weighted by molar-refractivity contribution is -0.156. The van der Waals surface area contributed by atoms with E-state index in [1.807, 2.05) is 6.92 Å². The van der Waals surface area contributed by atoms with Gasteiger partial charge in [-0.3, -0.25) is 4.90 Å². The number of nitrogens with one attached hydrogen (secondary N) is 1. The monoisotopic (exact) mass is 292 g/mol. The number of halogens is 3. The first kappa shape index (κ1) is 16.1. The topological polar surface area (TPSA) is 15.3 Å². The maximum absolute atomic E-state index is 12.9. The molecule has 2 nitrogen and oxygen atoms in total. The molecule has 118 valence electrons. The second kappa shape index (κ2) is 6.65. The summed E-state index contributed by atoms with van der Waals surface area (Å²) >= 11 is 0. The third-order valence-corrected chi connectivity index (χ3v) is 4.77. The normalized spacial score (nSPS) is 31.8. The van der Waals surface area contributed by atoms with Crippen molar-refractivity contribution in [1.29, 1.82) is 0 Å². The van der Waals surface area contributed by atoms with Crippen LogP contribution in [-0.4, -0.2) is 42.3 Å². The molecule has 0 heterocycles. The highest BCUT2D eigenvalue weighted by Crippen LogP contribution is 2.38. The van der Waals surface area contributed by atoms with Crippen molar-refractivity contribution in [1.82, 2.24) is 10.2 Å². The third kappa shape index (κ3) is 4.35. The quantitative estimate of drug-likeness (QED) is 0.805. The predicted molar refractivity (Wildman–Crippen MR) is 74.7 cm³/mol. The van der Waals surface area contributed by atoms with Gasteiger partial charge in [-0.05, 0) is 44.6 Å². The Morgan fingerprint density at radius 2 is 1.80 bits per heavy atom. The van der Waals surface area contributed by atoms with E-state index in [-0.39, 0.29) is 18.1 Å². The van der Waals surface area contributed by atoms with E-state index < -0.39 is 12.7 Å². The lowest BCUT2D eigenvalue weighted by Gasteiger charge is -2.43. The molecular formula is C15H27F3N2. The van der Waals surface area contributed by atoms with Gasteiger partial charge < -0.3 is 5.32 Å². The molecule has 2 rings (SSSR count). The Bertz CT molecular complexity index is 302. The second-order valence-corrected chi connectivity index (χ2v) is 6.34. The summed E-state index contributed by atoms with van der Waals surface area (Å²) in [6, 6.07) is 0.451. The summed E-state index contributed by atoms with van der Waals surface area (Å²) in [5, 5.41) is 3.42. The van der Waals surface area contributed by atoms with Crippen molar-refractivity contribution in [2.45, 2.75) is 76.7 Å². The van der Waals surface area contributed by atoms with Gasteiger partial charge in [0.2, 0.25) is 0 Å². The van der Waals surface area contributed by atoms with E-state index in [1.54, 1.807) is 4.90 Å². The second-order valence-electron chi connectivity index (χ2n) is 6.34. The van der Waals surface area contributed by atoms with Crippen molar-refractivity contribution in [3.05, 3.63) is 0 Å². The van der Waals surface area contributed by atoms with Gasteiger partial charge in [-0.1, -0.05) is 20.3 Å². The number of hydrogen-bond donors (Lipinski definition) is 1. The molecule has 0 aromatic carbocycles. The minimum absolute atomic E-state index is 0.0581. The molecule has 2 aliphatic carbocycles. The van der Waals surface area contributed by atoms with Crippen molar-refractivity contribution in [3.63, 3.8) is 0 Å². The largest absolute Gasteiger partial charge is 0.401 e. The molecule has 0 saturated heterocycles. The van der Waals surface area contributed by atoms with Crippen LogP contribution in [0, 0.1) is 5.92 Å². The Labute approximate surface area is 120 Å².